The topological polar surface area (TPSA) is 17.8 Å². The quantitative estimate of drug-likeness (QED) is 0.757. The van der Waals surface area contributed by atoms with Gasteiger partial charge >= 0.3 is 6.18 Å². The molecule has 0 atom stereocenters. The van der Waals surface area contributed by atoms with Crippen molar-refractivity contribution in [2.24, 2.45) is 0 Å². The summed E-state index contributed by atoms with van der Waals surface area (Å²) in [6.07, 6.45) is -1.97. The maximum Gasteiger partial charge on any atom is 0.408 e. The molecule has 0 saturated heterocycles. The highest BCUT2D eigenvalue weighted by molar-refractivity contribution is 6.31. The van der Waals surface area contributed by atoms with Gasteiger partial charge in [0.1, 0.15) is 12.7 Å². The van der Waals surface area contributed by atoms with E-state index in [1.165, 1.54) is 0 Å². The van der Waals surface area contributed by atoms with E-state index in [9.17, 15) is 13.2 Å². The Bertz CT molecular complexity index is 317. The van der Waals surface area contributed by atoms with Crippen LogP contribution in [0.5, 0.6) is 0 Å². The predicted molar refractivity (Wildman–Crippen MR) is 46.2 cm³/mol. The molecule has 1 aromatic heterocycles. The number of rotatable bonds is 2. The summed E-state index contributed by atoms with van der Waals surface area (Å²) < 4.78 is 37.1. The van der Waals surface area contributed by atoms with Crippen molar-refractivity contribution in [2.75, 3.05) is 0 Å². The second kappa shape index (κ2) is 3.81. The predicted octanol–water partition coefficient (Wildman–Crippen LogP) is 3.02. The molecule has 0 saturated carbocycles. The first-order valence-corrected chi connectivity index (χ1v) is 4.39. The zero-order valence-electron chi connectivity index (χ0n) is 7.69. The minimum Gasteiger partial charge on any atom is -0.258 e. The van der Waals surface area contributed by atoms with Crippen LogP contribution in [0.15, 0.2) is 0 Å². The van der Waals surface area contributed by atoms with Gasteiger partial charge in [0.15, 0.2) is 0 Å². The Morgan fingerprint density at radius 3 is 2.50 bits per heavy atom. The smallest absolute Gasteiger partial charge is 0.258 e. The van der Waals surface area contributed by atoms with Gasteiger partial charge < -0.3 is 0 Å². The molecule has 1 aromatic rings. The van der Waals surface area contributed by atoms with E-state index in [2.05, 4.69) is 11.3 Å². The van der Waals surface area contributed by atoms with Crippen molar-refractivity contribution in [3.63, 3.8) is 0 Å². The van der Waals surface area contributed by atoms with E-state index in [1.54, 1.807) is 13.8 Å². The summed E-state index contributed by atoms with van der Waals surface area (Å²) in [5, 5.41) is 3.62. The highest BCUT2D eigenvalue weighted by Crippen LogP contribution is 2.26. The summed E-state index contributed by atoms with van der Waals surface area (Å²) in [7, 11) is 0. The summed E-state index contributed by atoms with van der Waals surface area (Å²) >= 11 is 5.66. The van der Waals surface area contributed by atoms with Gasteiger partial charge in [-0.1, -0.05) is 25.4 Å². The summed E-state index contributed by atoms with van der Waals surface area (Å²) in [4.78, 5) is 0. The third kappa shape index (κ3) is 2.64. The molecule has 2 nitrogen and oxygen atoms in total. The Kier molecular flexibility index (Phi) is 3.09. The Morgan fingerprint density at radius 2 is 2.07 bits per heavy atom. The standard InChI is InChI=1S/C8H9ClF3N2/c1-5(2)7-6(9)3-13-14(7)4-8(10,11)12/h5H,4H2,1-2H3. The monoisotopic (exact) mass is 225 g/mol. The summed E-state index contributed by atoms with van der Waals surface area (Å²) in [6.45, 7) is 2.39. The van der Waals surface area contributed by atoms with E-state index < -0.39 is 12.7 Å². The van der Waals surface area contributed by atoms with Crippen LogP contribution >= 0.6 is 11.6 Å². The highest BCUT2D eigenvalue weighted by atomic mass is 35.5. The minimum atomic E-state index is -4.28. The maximum absolute atomic E-state index is 12.1. The van der Waals surface area contributed by atoms with Crippen LogP contribution in [0.4, 0.5) is 13.2 Å². The molecule has 6 heteroatoms. The number of aromatic nitrogens is 2. The molecule has 0 spiro atoms. The number of hydrogen-bond acceptors (Lipinski definition) is 1. The van der Waals surface area contributed by atoms with Gasteiger partial charge in [-0.3, -0.25) is 4.68 Å². The van der Waals surface area contributed by atoms with Crippen LogP contribution in [0.2, 0.25) is 5.02 Å². The third-order valence-electron chi connectivity index (χ3n) is 1.65. The van der Waals surface area contributed by atoms with E-state index in [0.29, 0.717) is 5.69 Å². The molecule has 0 fully saturated rings. The minimum absolute atomic E-state index is 0.108. The molecule has 0 amide bonds. The van der Waals surface area contributed by atoms with Crippen LogP contribution in [0.3, 0.4) is 0 Å². The van der Waals surface area contributed by atoms with Crippen LogP contribution < -0.4 is 0 Å². The lowest BCUT2D eigenvalue weighted by Gasteiger charge is -2.12. The second-order valence-electron chi connectivity index (χ2n) is 3.24. The van der Waals surface area contributed by atoms with Gasteiger partial charge in [-0.25, -0.2) is 0 Å². The van der Waals surface area contributed by atoms with Gasteiger partial charge in [-0.05, 0) is 5.92 Å². The number of hydrogen-bond donors (Lipinski definition) is 0. The van der Waals surface area contributed by atoms with Crippen molar-refractivity contribution in [1.82, 2.24) is 9.78 Å². The number of alkyl halides is 3. The van der Waals surface area contributed by atoms with Crippen LogP contribution in [0.25, 0.3) is 0 Å². The van der Waals surface area contributed by atoms with Gasteiger partial charge in [0.2, 0.25) is 0 Å². The first-order chi connectivity index (χ1) is 6.31. The molecule has 0 aliphatic carbocycles. The first kappa shape index (κ1) is 11.4. The van der Waals surface area contributed by atoms with Crippen molar-refractivity contribution in [1.29, 1.82) is 0 Å². The Labute approximate surface area is 84.7 Å². The normalized spacial score (nSPS) is 12.5. The van der Waals surface area contributed by atoms with Gasteiger partial charge in [-0.2, -0.15) is 18.3 Å². The zero-order chi connectivity index (χ0) is 10.9. The molecule has 0 N–H and O–H groups in total. The second-order valence-corrected chi connectivity index (χ2v) is 3.62. The van der Waals surface area contributed by atoms with Crippen LogP contribution in [-0.2, 0) is 6.54 Å². The molecule has 1 radical (unpaired) electrons. The Hall–Kier alpha value is -0.710. The van der Waals surface area contributed by atoms with Gasteiger partial charge in [-0.15, -0.1) is 0 Å². The SMILES string of the molecule is CC(C)c1c(Cl)[c]nn1CC(F)(F)F. The fraction of sp³-hybridized carbons (Fsp3) is 0.625. The first-order valence-electron chi connectivity index (χ1n) is 4.02. The molecule has 79 valence electrons. The lowest BCUT2D eigenvalue weighted by atomic mass is 10.1. The largest absolute Gasteiger partial charge is 0.408 e. The summed E-state index contributed by atoms with van der Waals surface area (Å²) in [6, 6.07) is 0. The third-order valence-corrected chi connectivity index (χ3v) is 1.93. The summed E-state index contributed by atoms with van der Waals surface area (Å²) in [5.74, 6) is -0.108. The van der Waals surface area contributed by atoms with Gasteiger partial charge in [0.05, 0.1) is 10.7 Å². The fourth-order valence-corrected chi connectivity index (χ4v) is 1.52. The molecule has 0 aromatic carbocycles. The maximum atomic E-state index is 12.1. The van der Waals surface area contributed by atoms with Crippen molar-refractivity contribution in [3.8, 4) is 0 Å². The van der Waals surface area contributed by atoms with E-state index >= 15 is 0 Å². The molecule has 0 unspecified atom stereocenters. The average Bonchev–Trinajstić information content (AvgIpc) is 2.27. The van der Waals surface area contributed by atoms with Crippen LogP contribution in [0, 0.1) is 6.20 Å². The van der Waals surface area contributed by atoms with Crippen molar-refractivity contribution in [3.05, 3.63) is 16.9 Å². The Morgan fingerprint density at radius 1 is 1.50 bits per heavy atom. The highest BCUT2D eigenvalue weighted by Gasteiger charge is 2.30. The van der Waals surface area contributed by atoms with E-state index in [-0.39, 0.29) is 10.9 Å². The Balaban J connectivity index is 2.98. The molecule has 1 heterocycles. The van der Waals surface area contributed by atoms with E-state index in [1.807, 2.05) is 0 Å². The molecular weight excluding hydrogens is 217 g/mol. The molecule has 1 rings (SSSR count). The molecular formula is C8H9ClF3N2. The van der Waals surface area contributed by atoms with Crippen molar-refractivity contribution in [2.45, 2.75) is 32.5 Å². The molecule has 0 aliphatic rings. The summed E-state index contributed by atoms with van der Waals surface area (Å²) in [5.41, 5.74) is 0.365. The van der Waals surface area contributed by atoms with E-state index in [0.717, 1.165) is 4.68 Å². The number of halogens is 4. The van der Waals surface area contributed by atoms with E-state index in [4.69, 9.17) is 11.6 Å². The molecule has 0 bridgehead atoms. The average molecular weight is 226 g/mol. The van der Waals surface area contributed by atoms with Crippen LogP contribution in [-0.4, -0.2) is 16.0 Å². The lowest BCUT2D eigenvalue weighted by molar-refractivity contribution is -0.143. The number of nitrogens with zero attached hydrogens (tertiary/aromatic N) is 2. The van der Waals surface area contributed by atoms with Crippen LogP contribution in [0.1, 0.15) is 25.5 Å². The van der Waals surface area contributed by atoms with Gasteiger partial charge in [0, 0.05) is 0 Å². The van der Waals surface area contributed by atoms with Gasteiger partial charge in [0.25, 0.3) is 0 Å². The van der Waals surface area contributed by atoms with Crippen molar-refractivity contribution < 1.29 is 13.2 Å². The molecule has 14 heavy (non-hydrogen) atoms. The lowest BCUT2D eigenvalue weighted by Crippen LogP contribution is -2.20. The van der Waals surface area contributed by atoms with Crippen molar-refractivity contribution >= 4 is 11.6 Å². The fourth-order valence-electron chi connectivity index (χ4n) is 1.17. The molecule has 0 aliphatic heterocycles. The zero-order valence-corrected chi connectivity index (χ0v) is 8.45.